The second kappa shape index (κ2) is 4.86. The van der Waals surface area contributed by atoms with E-state index in [4.69, 9.17) is 4.74 Å². The van der Waals surface area contributed by atoms with Crippen molar-refractivity contribution in [2.45, 2.75) is 19.4 Å². The summed E-state index contributed by atoms with van der Waals surface area (Å²) < 4.78 is 5.51. The molecule has 0 bridgehead atoms. The van der Waals surface area contributed by atoms with Crippen molar-refractivity contribution in [2.24, 2.45) is 0 Å². The van der Waals surface area contributed by atoms with Gasteiger partial charge in [-0.2, -0.15) is 0 Å². The predicted molar refractivity (Wildman–Crippen MR) is 69.6 cm³/mol. The van der Waals surface area contributed by atoms with Crippen LogP contribution in [0.2, 0.25) is 0 Å². The van der Waals surface area contributed by atoms with Crippen LogP contribution in [0.15, 0.2) is 24.5 Å². The van der Waals surface area contributed by atoms with Crippen molar-refractivity contribution in [3.05, 3.63) is 24.5 Å². The van der Waals surface area contributed by atoms with Crippen LogP contribution in [-0.4, -0.2) is 40.8 Å². The molecule has 5 heteroatoms. The average Bonchev–Trinajstić information content (AvgIpc) is 2.46. The van der Waals surface area contributed by atoms with E-state index in [-0.39, 0.29) is 0 Å². The number of ether oxygens (including phenoxy) is 1. The van der Waals surface area contributed by atoms with E-state index < -0.39 is 0 Å². The number of morpholine rings is 1. The van der Waals surface area contributed by atoms with Gasteiger partial charge in [-0.05, 0) is 18.6 Å². The van der Waals surface area contributed by atoms with E-state index in [0.29, 0.717) is 11.7 Å². The molecule has 94 valence electrons. The zero-order valence-electron chi connectivity index (χ0n) is 10.4. The van der Waals surface area contributed by atoms with Crippen LogP contribution in [0.25, 0.3) is 11.2 Å². The fourth-order valence-corrected chi connectivity index (χ4v) is 2.30. The van der Waals surface area contributed by atoms with Gasteiger partial charge in [0.2, 0.25) is 0 Å². The number of fused-ring (bicyclic) bond motifs is 1. The minimum Gasteiger partial charge on any atom is -0.377 e. The molecule has 2 aromatic rings. The Bertz CT molecular complexity index is 545. The molecule has 1 unspecified atom stereocenters. The van der Waals surface area contributed by atoms with Gasteiger partial charge < -0.3 is 9.64 Å². The topological polar surface area (TPSA) is 51.1 Å². The summed E-state index contributed by atoms with van der Waals surface area (Å²) in [7, 11) is 0. The molecule has 0 spiro atoms. The molecule has 0 aromatic carbocycles. The molecule has 3 heterocycles. The van der Waals surface area contributed by atoms with Gasteiger partial charge in [-0.15, -0.1) is 0 Å². The molecule has 3 rings (SSSR count). The second-order valence-corrected chi connectivity index (χ2v) is 4.40. The van der Waals surface area contributed by atoms with Gasteiger partial charge in [0.05, 0.1) is 19.3 Å². The highest BCUT2D eigenvalue weighted by Gasteiger charge is 2.22. The molecule has 0 radical (unpaired) electrons. The Labute approximate surface area is 106 Å². The van der Waals surface area contributed by atoms with Crippen LogP contribution in [0.3, 0.4) is 0 Å². The lowest BCUT2D eigenvalue weighted by atomic mass is 10.2. The lowest BCUT2D eigenvalue weighted by Gasteiger charge is -2.35. The summed E-state index contributed by atoms with van der Waals surface area (Å²) in [6.07, 6.45) is 4.42. The summed E-state index contributed by atoms with van der Waals surface area (Å²) in [5.74, 6) is 0.971. The maximum absolute atomic E-state index is 5.51. The monoisotopic (exact) mass is 244 g/mol. The molecule has 1 aliphatic rings. The molecule has 1 fully saturated rings. The van der Waals surface area contributed by atoms with Crippen LogP contribution in [0.4, 0.5) is 5.82 Å². The van der Waals surface area contributed by atoms with Crippen LogP contribution >= 0.6 is 0 Å². The van der Waals surface area contributed by atoms with Crippen molar-refractivity contribution in [2.75, 3.05) is 24.7 Å². The Morgan fingerprint density at radius 1 is 1.33 bits per heavy atom. The van der Waals surface area contributed by atoms with Gasteiger partial charge in [0.25, 0.3) is 0 Å². The Kier molecular flexibility index (Phi) is 3.06. The second-order valence-electron chi connectivity index (χ2n) is 4.40. The van der Waals surface area contributed by atoms with Crippen molar-refractivity contribution in [1.82, 2.24) is 15.0 Å². The van der Waals surface area contributed by atoms with Crippen molar-refractivity contribution >= 4 is 17.0 Å². The van der Waals surface area contributed by atoms with Gasteiger partial charge in [0, 0.05) is 18.9 Å². The lowest BCUT2D eigenvalue weighted by Crippen LogP contribution is -2.45. The fraction of sp³-hybridized carbons (Fsp3) is 0.462. The van der Waals surface area contributed by atoms with Crippen LogP contribution in [0.5, 0.6) is 0 Å². The molecule has 2 aromatic heterocycles. The molecular weight excluding hydrogens is 228 g/mol. The van der Waals surface area contributed by atoms with Crippen molar-refractivity contribution in [1.29, 1.82) is 0 Å². The Morgan fingerprint density at radius 3 is 3.11 bits per heavy atom. The first kappa shape index (κ1) is 11.3. The fourth-order valence-electron chi connectivity index (χ4n) is 2.30. The Morgan fingerprint density at radius 2 is 2.22 bits per heavy atom. The van der Waals surface area contributed by atoms with E-state index in [1.807, 2.05) is 12.1 Å². The maximum atomic E-state index is 5.51. The molecule has 1 saturated heterocycles. The van der Waals surface area contributed by atoms with E-state index in [0.717, 1.165) is 37.5 Å². The average molecular weight is 244 g/mol. The van der Waals surface area contributed by atoms with Gasteiger partial charge in [-0.1, -0.05) is 6.92 Å². The number of anilines is 1. The van der Waals surface area contributed by atoms with Gasteiger partial charge in [-0.3, -0.25) is 4.98 Å². The molecule has 18 heavy (non-hydrogen) atoms. The third-order valence-corrected chi connectivity index (χ3v) is 3.31. The van der Waals surface area contributed by atoms with E-state index in [9.17, 15) is 0 Å². The largest absolute Gasteiger partial charge is 0.377 e. The number of pyridine rings is 1. The van der Waals surface area contributed by atoms with E-state index in [2.05, 4.69) is 26.8 Å². The Hall–Kier alpha value is -1.75. The first-order valence-electron chi connectivity index (χ1n) is 6.30. The molecule has 0 N–H and O–H groups in total. The quantitative estimate of drug-likeness (QED) is 0.803. The van der Waals surface area contributed by atoms with Gasteiger partial charge in [0.1, 0.15) is 11.3 Å². The van der Waals surface area contributed by atoms with Gasteiger partial charge >= 0.3 is 0 Å². The predicted octanol–water partition coefficient (Wildman–Crippen LogP) is 1.64. The zero-order valence-corrected chi connectivity index (χ0v) is 10.4. The molecule has 0 amide bonds. The van der Waals surface area contributed by atoms with Crippen LogP contribution < -0.4 is 4.90 Å². The van der Waals surface area contributed by atoms with Crippen molar-refractivity contribution < 1.29 is 4.74 Å². The lowest BCUT2D eigenvalue weighted by molar-refractivity contribution is 0.0926. The summed E-state index contributed by atoms with van der Waals surface area (Å²) in [6.45, 7) is 4.60. The third kappa shape index (κ3) is 2.01. The highest BCUT2D eigenvalue weighted by Crippen LogP contribution is 2.20. The molecular formula is C13H16N4O. The first-order valence-corrected chi connectivity index (χ1v) is 6.30. The molecule has 5 nitrogen and oxygen atoms in total. The third-order valence-electron chi connectivity index (χ3n) is 3.31. The van der Waals surface area contributed by atoms with Gasteiger partial charge in [0.15, 0.2) is 5.65 Å². The van der Waals surface area contributed by atoms with E-state index >= 15 is 0 Å². The van der Waals surface area contributed by atoms with E-state index in [1.165, 1.54) is 0 Å². The molecule has 1 aliphatic heterocycles. The van der Waals surface area contributed by atoms with Crippen LogP contribution in [-0.2, 0) is 4.74 Å². The summed E-state index contributed by atoms with van der Waals surface area (Å²) in [6, 6.07) is 4.40. The van der Waals surface area contributed by atoms with Gasteiger partial charge in [-0.25, -0.2) is 9.97 Å². The summed E-state index contributed by atoms with van der Waals surface area (Å²) in [5, 5.41) is 0. The Balaban J connectivity index is 1.97. The van der Waals surface area contributed by atoms with E-state index in [1.54, 1.807) is 12.4 Å². The summed E-state index contributed by atoms with van der Waals surface area (Å²) in [5.41, 5.74) is 1.54. The summed E-state index contributed by atoms with van der Waals surface area (Å²) >= 11 is 0. The molecule has 1 atom stereocenters. The SMILES string of the molecule is CCC1COCCN1c1ccc2nccnc2n1. The molecule has 0 saturated carbocycles. The first-order chi connectivity index (χ1) is 8.88. The number of aromatic nitrogens is 3. The number of rotatable bonds is 2. The summed E-state index contributed by atoms with van der Waals surface area (Å²) in [4.78, 5) is 15.4. The smallest absolute Gasteiger partial charge is 0.180 e. The number of hydrogen-bond donors (Lipinski definition) is 0. The minimum atomic E-state index is 0.403. The van der Waals surface area contributed by atoms with Crippen molar-refractivity contribution in [3.8, 4) is 0 Å². The zero-order chi connectivity index (χ0) is 12.4. The van der Waals surface area contributed by atoms with Crippen LogP contribution in [0.1, 0.15) is 13.3 Å². The number of hydrogen-bond acceptors (Lipinski definition) is 5. The number of nitrogens with zero attached hydrogens (tertiary/aromatic N) is 4. The van der Waals surface area contributed by atoms with Crippen LogP contribution in [0, 0.1) is 0 Å². The van der Waals surface area contributed by atoms with Crippen molar-refractivity contribution in [3.63, 3.8) is 0 Å². The highest BCUT2D eigenvalue weighted by molar-refractivity contribution is 5.71. The minimum absolute atomic E-state index is 0.403. The highest BCUT2D eigenvalue weighted by atomic mass is 16.5. The standard InChI is InChI=1S/C13H16N4O/c1-2-10-9-18-8-7-17(10)12-4-3-11-13(16-12)15-6-5-14-11/h3-6,10H,2,7-9H2,1H3. The molecule has 0 aliphatic carbocycles. The normalized spacial score (nSPS) is 20.3. The maximum Gasteiger partial charge on any atom is 0.180 e.